The molecule has 1 fully saturated rings. The number of hydrogen-bond acceptors (Lipinski definition) is 2. The fourth-order valence-electron chi connectivity index (χ4n) is 2.13. The van der Waals surface area contributed by atoms with Gasteiger partial charge in [-0.1, -0.05) is 12.1 Å². The van der Waals surface area contributed by atoms with Crippen LogP contribution in [0.5, 0.6) is 0 Å². The van der Waals surface area contributed by atoms with E-state index in [2.05, 4.69) is 10.6 Å². The molecule has 21 heavy (non-hydrogen) atoms. The summed E-state index contributed by atoms with van der Waals surface area (Å²) in [4.78, 5) is 23.0. The monoisotopic (exact) mass is 298 g/mol. The molecule has 7 heteroatoms. The molecule has 1 atom stereocenters. The number of benzene rings is 1. The number of carboxylic acid groups (broad SMARTS) is 1. The Labute approximate surface area is 120 Å². The van der Waals surface area contributed by atoms with E-state index in [1.165, 1.54) is 19.1 Å². The van der Waals surface area contributed by atoms with E-state index in [-0.39, 0.29) is 18.0 Å². The van der Waals surface area contributed by atoms with Gasteiger partial charge in [0, 0.05) is 12.1 Å². The van der Waals surface area contributed by atoms with Crippen molar-refractivity contribution in [2.45, 2.75) is 31.8 Å². The number of carbonyl (C=O) groups is 2. The summed E-state index contributed by atoms with van der Waals surface area (Å²) < 4.78 is 26.4. The van der Waals surface area contributed by atoms with E-state index in [9.17, 15) is 23.5 Å². The van der Waals surface area contributed by atoms with E-state index in [1.807, 2.05) is 0 Å². The second-order valence-electron chi connectivity index (χ2n) is 5.30. The van der Waals surface area contributed by atoms with Crippen LogP contribution in [0.2, 0.25) is 0 Å². The molecule has 0 bridgehead atoms. The highest BCUT2D eigenvalue weighted by Crippen LogP contribution is 2.39. The van der Waals surface area contributed by atoms with Crippen LogP contribution in [0.15, 0.2) is 18.2 Å². The van der Waals surface area contributed by atoms with Crippen molar-refractivity contribution in [2.24, 2.45) is 5.92 Å². The Hall–Kier alpha value is -2.18. The number of halogens is 2. The van der Waals surface area contributed by atoms with Crippen LogP contribution >= 0.6 is 0 Å². The van der Waals surface area contributed by atoms with E-state index in [0.717, 1.165) is 18.9 Å². The van der Waals surface area contributed by atoms with Gasteiger partial charge in [0.05, 0.1) is 0 Å². The van der Waals surface area contributed by atoms with Crippen molar-refractivity contribution in [3.8, 4) is 0 Å². The molecule has 1 unspecified atom stereocenters. The third kappa shape index (κ3) is 3.29. The summed E-state index contributed by atoms with van der Waals surface area (Å²) in [5.41, 5.74) is -1.35. The highest BCUT2D eigenvalue weighted by Gasteiger charge is 2.48. The molecule has 0 aromatic heterocycles. The zero-order valence-electron chi connectivity index (χ0n) is 11.5. The third-order valence-corrected chi connectivity index (χ3v) is 3.68. The number of amides is 2. The summed E-state index contributed by atoms with van der Waals surface area (Å²) in [5, 5.41) is 13.9. The van der Waals surface area contributed by atoms with Crippen LogP contribution in [-0.2, 0) is 11.3 Å². The van der Waals surface area contributed by atoms with Crippen molar-refractivity contribution in [1.29, 1.82) is 0 Å². The van der Waals surface area contributed by atoms with Gasteiger partial charge in [-0.2, -0.15) is 0 Å². The minimum atomic E-state index is -1.34. The van der Waals surface area contributed by atoms with Crippen LogP contribution in [0.1, 0.15) is 25.3 Å². The second-order valence-corrected chi connectivity index (χ2v) is 5.30. The Morgan fingerprint density at radius 2 is 2.05 bits per heavy atom. The van der Waals surface area contributed by atoms with Gasteiger partial charge in [-0.15, -0.1) is 0 Å². The maximum atomic E-state index is 13.4. The van der Waals surface area contributed by atoms with Crippen molar-refractivity contribution in [2.75, 3.05) is 0 Å². The molecule has 0 aliphatic heterocycles. The molecule has 0 spiro atoms. The molecule has 5 nitrogen and oxygen atoms in total. The lowest BCUT2D eigenvalue weighted by Crippen LogP contribution is -2.56. The zero-order valence-corrected chi connectivity index (χ0v) is 11.5. The topological polar surface area (TPSA) is 78.4 Å². The minimum Gasteiger partial charge on any atom is -0.480 e. The highest BCUT2D eigenvalue weighted by molar-refractivity contribution is 5.86. The average molecular weight is 298 g/mol. The molecule has 0 saturated heterocycles. The number of rotatable bonds is 5. The normalized spacial score (nSPS) is 16.9. The molecule has 0 heterocycles. The Balaban J connectivity index is 1.96. The summed E-state index contributed by atoms with van der Waals surface area (Å²) in [6.45, 7) is 1.21. The summed E-state index contributed by atoms with van der Waals surface area (Å²) in [6, 6.07) is 2.93. The molecule has 2 rings (SSSR count). The molecule has 1 aromatic carbocycles. The van der Waals surface area contributed by atoms with E-state index >= 15 is 0 Å². The number of nitrogens with one attached hydrogen (secondary N) is 2. The highest BCUT2D eigenvalue weighted by atomic mass is 19.2. The lowest BCUT2D eigenvalue weighted by Gasteiger charge is -2.26. The number of carbonyl (C=O) groups excluding carboxylic acids is 1. The van der Waals surface area contributed by atoms with Crippen molar-refractivity contribution < 1.29 is 23.5 Å². The fourth-order valence-corrected chi connectivity index (χ4v) is 2.13. The number of hydrogen-bond donors (Lipinski definition) is 3. The van der Waals surface area contributed by atoms with Crippen LogP contribution in [0.3, 0.4) is 0 Å². The number of carboxylic acids is 1. The van der Waals surface area contributed by atoms with Gasteiger partial charge in [-0.3, -0.25) is 0 Å². The molecule has 1 saturated carbocycles. The average Bonchev–Trinajstić information content (AvgIpc) is 3.25. The Kier molecular flexibility index (Phi) is 4.11. The first-order valence-corrected chi connectivity index (χ1v) is 6.57. The van der Waals surface area contributed by atoms with E-state index in [0.29, 0.717) is 0 Å². The SMILES string of the molecule is CC(NC(=O)NCc1cccc(F)c1F)(C(=O)O)C1CC1. The molecule has 1 aromatic rings. The minimum absolute atomic E-state index is 0.00593. The maximum Gasteiger partial charge on any atom is 0.329 e. The van der Waals surface area contributed by atoms with E-state index in [4.69, 9.17) is 0 Å². The van der Waals surface area contributed by atoms with Gasteiger partial charge >= 0.3 is 12.0 Å². The van der Waals surface area contributed by atoms with Gasteiger partial charge < -0.3 is 15.7 Å². The standard InChI is InChI=1S/C14H16F2N2O3/c1-14(12(19)20,9-5-6-9)18-13(21)17-7-8-3-2-4-10(15)11(8)16/h2-4,9H,5-7H2,1H3,(H,19,20)(H2,17,18,21). The van der Waals surface area contributed by atoms with Crippen molar-refractivity contribution in [3.63, 3.8) is 0 Å². The fraction of sp³-hybridized carbons (Fsp3) is 0.429. The smallest absolute Gasteiger partial charge is 0.329 e. The summed E-state index contributed by atoms with van der Waals surface area (Å²) in [5.74, 6) is -3.24. The number of aliphatic carboxylic acids is 1. The van der Waals surface area contributed by atoms with Crippen LogP contribution in [0.25, 0.3) is 0 Å². The van der Waals surface area contributed by atoms with Gasteiger partial charge in [-0.05, 0) is 31.7 Å². The Morgan fingerprint density at radius 3 is 2.62 bits per heavy atom. The molecular weight excluding hydrogens is 282 g/mol. The Bertz CT molecular complexity index is 575. The predicted octanol–water partition coefficient (Wildman–Crippen LogP) is 2.02. The van der Waals surface area contributed by atoms with Crippen molar-refractivity contribution in [3.05, 3.63) is 35.4 Å². The van der Waals surface area contributed by atoms with E-state index < -0.39 is 29.2 Å². The van der Waals surface area contributed by atoms with Gasteiger partial charge in [0.2, 0.25) is 0 Å². The van der Waals surface area contributed by atoms with Crippen LogP contribution in [-0.4, -0.2) is 22.6 Å². The van der Waals surface area contributed by atoms with Crippen LogP contribution in [0, 0.1) is 17.6 Å². The van der Waals surface area contributed by atoms with Gasteiger partial charge in [0.1, 0.15) is 5.54 Å². The van der Waals surface area contributed by atoms with Crippen molar-refractivity contribution in [1.82, 2.24) is 10.6 Å². The van der Waals surface area contributed by atoms with E-state index in [1.54, 1.807) is 0 Å². The molecule has 3 N–H and O–H groups in total. The Morgan fingerprint density at radius 1 is 1.38 bits per heavy atom. The summed E-state index contributed by atoms with van der Waals surface area (Å²) in [7, 11) is 0. The zero-order chi connectivity index (χ0) is 15.6. The third-order valence-electron chi connectivity index (χ3n) is 3.68. The maximum absolute atomic E-state index is 13.4. The summed E-state index contributed by atoms with van der Waals surface area (Å²) >= 11 is 0. The first kappa shape index (κ1) is 15.2. The first-order chi connectivity index (χ1) is 9.84. The lowest BCUT2D eigenvalue weighted by atomic mass is 9.96. The van der Waals surface area contributed by atoms with Crippen molar-refractivity contribution >= 4 is 12.0 Å². The molecule has 1 aliphatic carbocycles. The second kappa shape index (κ2) is 5.67. The lowest BCUT2D eigenvalue weighted by molar-refractivity contribution is -0.144. The van der Waals surface area contributed by atoms with Gasteiger partial charge in [-0.25, -0.2) is 18.4 Å². The predicted molar refractivity (Wildman–Crippen MR) is 70.5 cm³/mol. The number of urea groups is 1. The van der Waals surface area contributed by atoms with Gasteiger partial charge in [0.25, 0.3) is 0 Å². The molecule has 2 amide bonds. The molecule has 114 valence electrons. The molecular formula is C14H16F2N2O3. The summed E-state index contributed by atoms with van der Waals surface area (Å²) in [6.07, 6.45) is 1.48. The van der Waals surface area contributed by atoms with Crippen LogP contribution in [0.4, 0.5) is 13.6 Å². The molecule has 0 radical (unpaired) electrons. The van der Waals surface area contributed by atoms with Gasteiger partial charge in [0.15, 0.2) is 11.6 Å². The molecule has 1 aliphatic rings. The largest absolute Gasteiger partial charge is 0.480 e. The quantitative estimate of drug-likeness (QED) is 0.778. The first-order valence-electron chi connectivity index (χ1n) is 6.57. The van der Waals surface area contributed by atoms with Crippen LogP contribution < -0.4 is 10.6 Å².